The van der Waals surface area contributed by atoms with Gasteiger partial charge in [0.25, 0.3) is 5.91 Å². The van der Waals surface area contributed by atoms with Gasteiger partial charge in [-0.25, -0.2) is 0 Å². The topological polar surface area (TPSA) is 47.5 Å². The minimum Gasteiger partial charge on any atom is -0.466 e. The van der Waals surface area contributed by atoms with Crippen LogP contribution in [0, 0.1) is 20.8 Å². The van der Waals surface area contributed by atoms with Crippen molar-refractivity contribution in [3.8, 4) is 0 Å². The van der Waals surface area contributed by atoms with E-state index >= 15 is 0 Å². The minimum absolute atomic E-state index is 0.277. The maximum absolute atomic E-state index is 12.5. The first-order valence-corrected chi connectivity index (χ1v) is 8.18. The summed E-state index contributed by atoms with van der Waals surface area (Å²) in [5.41, 5.74) is 2.76. The van der Waals surface area contributed by atoms with Gasteiger partial charge in [0, 0.05) is 6.54 Å². The lowest BCUT2D eigenvalue weighted by molar-refractivity contribution is 0.0996. The Morgan fingerprint density at radius 3 is 2.78 bits per heavy atom. The van der Waals surface area contributed by atoms with Gasteiger partial charge in [-0.05, 0) is 44.5 Å². The molecule has 0 N–H and O–H groups in total. The predicted octanol–water partition coefficient (Wildman–Crippen LogP) is 4.15. The van der Waals surface area contributed by atoms with Crippen LogP contribution in [-0.4, -0.2) is 10.5 Å². The molecular formula is C18H18N2O2S. The molecule has 0 spiro atoms. The van der Waals surface area contributed by atoms with E-state index in [-0.39, 0.29) is 5.91 Å². The molecule has 1 amide bonds. The van der Waals surface area contributed by atoms with Gasteiger partial charge in [0.05, 0.1) is 15.8 Å². The maximum Gasteiger partial charge on any atom is 0.283 e. The Hall–Kier alpha value is -2.40. The molecule has 0 bridgehead atoms. The summed E-state index contributed by atoms with van der Waals surface area (Å²) in [4.78, 5) is 17.5. The molecule has 0 aliphatic carbocycles. The van der Waals surface area contributed by atoms with Gasteiger partial charge in [-0.15, -0.1) is 6.58 Å². The first-order valence-electron chi connectivity index (χ1n) is 7.36. The van der Waals surface area contributed by atoms with Gasteiger partial charge < -0.3 is 8.98 Å². The van der Waals surface area contributed by atoms with Crippen molar-refractivity contribution in [2.75, 3.05) is 0 Å². The summed E-state index contributed by atoms with van der Waals surface area (Å²) < 4.78 is 8.54. The number of nitrogens with zero attached hydrogens (tertiary/aromatic N) is 2. The number of fused-ring (bicyclic) bond motifs is 1. The number of thiazole rings is 1. The number of aryl methyl sites for hydroxylation is 3. The van der Waals surface area contributed by atoms with E-state index in [1.54, 1.807) is 13.0 Å². The summed E-state index contributed by atoms with van der Waals surface area (Å²) in [7, 11) is 0. The molecule has 0 radical (unpaired) electrons. The standard InChI is InChI=1S/C18H18N2O2S/c1-5-8-20-15-7-6-11(2)9-16(15)23-18(20)19-17(21)14-10-12(3)22-13(14)4/h5-7,9-10H,1,8H2,2-4H3. The van der Waals surface area contributed by atoms with Crippen LogP contribution >= 0.6 is 11.3 Å². The second-order valence-corrected chi connectivity index (χ2v) is 6.51. The van der Waals surface area contributed by atoms with Crippen LogP contribution < -0.4 is 4.80 Å². The van der Waals surface area contributed by atoms with E-state index in [1.807, 2.05) is 17.6 Å². The number of aromatic nitrogens is 1. The highest BCUT2D eigenvalue weighted by atomic mass is 32.1. The van der Waals surface area contributed by atoms with E-state index in [0.717, 1.165) is 10.2 Å². The van der Waals surface area contributed by atoms with Crippen molar-refractivity contribution in [2.45, 2.75) is 27.3 Å². The van der Waals surface area contributed by atoms with Crippen molar-refractivity contribution >= 4 is 27.5 Å². The van der Waals surface area contributed by atoms with E-state index in [0.29, 0.717) is 28.4 Å². The summed E-state index contributed by atoms with van der Waals surface area (Å²) in [5.74, 6) is 1.04. The second kappa shape index (κ2) is 6.01. The normalized spacial score (nSPS) is 12.0. The Kier molecular flexibility index (Phi) is 4.05. The number of carbonyl (C=O) groups excluding carboxylic acids is 1. The van der Waals surface area contributed by atoms with Crippen LogP contribution in [0.2, 0.25) is 0 Å². The van der Waals surface area contributed by atoms with Gasteiger partial charge in [0.2, 0.25) is 0 Å². The number of rotatable bonds is 3. The van der Waals surface area contributed by atoms with Gasteiger partial charge in [-0.2, -0.15) is 4.99 Å². The second-order valence-electron chi connectivity index (χ2n) is 5.50. The number of hydrogen-bond donors (Lipinski definition) is 0. The smallest absolute Gasteiger partial charge is 0.283 e. The average Bonchev–Trinajstić information content (AvgIpc) is 2.99. The third-order valence-electron chi connectivity index (χ3n) is 3.62. The van der Waals surface area contributed by atoms with E-state index in [9.17, 15) is 4.79 Å². The number of hydrogen-bond acceptors (Lipinski definition) is 3. The lowest BCUT2D eigenvalue weighted by atomic mass is 10.2. The summed E-state index contributed by atoms with van der Waals surface area (Å²) in [6, 6.07) is 7.96. The fraction of sp³-hybridized carbons (Fsp3) is 0.222. The minimum atomic E-state index is -0.277. The van der Waals surface area contributed by atoms with Crippen molar-refractivity contribution in [3.63, 3.8) is 0 Å². The quantitative estimate of drug-likeness (QED) is 0.679. The lowest BCUT2D eigenvalue weighted by Crippen LogP contribution is -2.16. The SMILES string of the molecule is C=CCn1c(=NC(=O)c2cc(C)oc2C)sc2cc(C)ccc21. The summed E-state index contributed by atoms with van der Waals surface area (Å²) >= 11 is 1.51. The van der Waals surface area contributed by atoms with Gasteiger partial charge in [0.1, 0.15) is 11.5 Å². The van der Waals surface area contributed by atoms with Crippen LogP contribution in [0.5, 0.6) is 0 Å². The number of amides is 1. The summed E-state index contributed by atoms with van der Waals surface area (Å²) in [5, 5.41) is 0. The molecule has 4 nitrogen and oxygen atoms in total. The number of benzene rings is 1. The van der Waals surface area contributed by atoms with Crippen LogP contribution in [0.1, 0.15) is 27.4 Å². The summed E-state index contributed by atoms with van der Waals surface area (Å²) in [6.07, 6.45) is 1.81. The molecule has 5 heteroatoms. The van der Waals surface area contributed by atoms with Crippen molar-refractivity contribution in [3.05, 3.63) is 64.4 Å². The van der Waals surface area contributed by atoms with Crippen LogP contribution in [0.4, 0.5) is 0 Å². The largest absolute Gasteiger partial charge is 0.466 e. The molecule has 3 aromatic rings. The fourth-order valence-electron chi connectivity index (χ4n) is 2.56. The number of allylic oxidation sites excluding steroid dienone is 1. The van der Waals surface area contributed by atoms with Crippen molar-refractivity contribution in [1.82, 2.24) is 4.57 Å². The first kappa shape index (κ1) is 15.5. The molecule has 1 aromatic carbocycles. The van der Waals surface area contributed by atoms with E-state index in [4.69, 9.17) is 4.42 Å². The Morgan fingerprint density at radius 1 is 1.35 bits per heavy atom. The van der Waals surface area contributed by atoms with Crippen molar-refractivity contribution < 1.29 is 9.21 Å². The molecule has 118 valence electrons. The maximum atomic E-state index is 12.5. The Morgan fingerprint density at radius 2 is 2.13 bits per heavy atom. The third-order valence-corrected chi connectivity index (χ3v) is 4.66. The van der Waals surface area contributed by atoms with E-state index in [2.05, 4.69) is 36.7 Å². The van der Waals surface area contributed by atoms with Crippen LogP contribution in [0.3, 0.4) is 0 Å². The number of furan rings is 1. The van der Waals surface area contributed by atoms with Gasteiger partial charge >= 0.3 is 0 Å². The van der Waals surface area contributed by atoms with Crippen molar-refractivity contribution in [1.29, 1.82) is 0 Å². The molecule has 0 unspecified atom stereocenters. The fourth-order valence-corrected chi connectivity index (χ4v) is 3.70. The lowest BCUT2D eigenvalue weighted by Gasteiger charge is -2.01. The van der Waals surface area contributed by atoms with Crippen molar-refractivity contribution in [2.24, 2.45) is 4.99 Å². The highest BCUT2D eigenvalue weighted by molar-refractivity contribution is 7.16. The Balaban J connectivity index is 2.17. The van der Waals surface area contributed by atoms with Crippen LogP contribution in [-0.2, 0) is 6.54 Å². The molecular weight excluding hydrogens is 308 g/mol. The molecule has 0 aliphatic rings. The molecule has 2 heterocycles. The van der Waals surface area contributed by atoms with E-state index < -0.39 is 0 Å². The zero-order valence-electron chi connectivity index (χ0n) is 13.4. The molecule has 0 fully saturated rings. The van der Waals surface area contributed by atoms with E-state index in [1.165, 1.54) is 16.9 Å². The molecule has 2 aromatic heterocycles. The van der Waals surface area contributed by atoms with Crippen LogP contribution in [0.15, 0.2) is 46.3 Å². The molecule has 23 heavy (non-hydrogen) atoms. The third kappa shape index (κ3) is 2.92. The van der Waals surface area contributed by atoms with Crippen LogP contribution in [0.25, 0.3) is 10.2 Å². The molecule has 3 rings (SSSR count). The highest BCUT2D eigenvalue weighted by Gasteiger charge is 2.14. The van der Waals surface area contributed by atoms with Gasteiger partial charge in [0.15, 0.2) is 4.80 Å². The zero-order valence-corrected chi connectivity index (χ0v) is 14.2. The Bertz CT molecular complexity index is 973. The molecule has 0 saturated heterocycles. The predicted molar refractivity (Wildman–Crippen MR) is 92.8 cm³/mol. The zero-order chi connectivity index (χ0) is 16.6. The Labute approximate surface area is 138 Å². The highest BCUT2D eigenvalue weighted by Crippen LogP contribution is 2.20. The summed E-state index contributed by atoms with van der Waals surface area (Å²) in [6.45, 7) is 10.1. The molecule has 0 saturated carbocycles. The molecule has 0 aliphatic heterocycles. The van der Waals surface area contributed by atoms with Gasteiger partial charge in [-0.3, -0.25) is 4.79 Å². The van der Waals surface area contributed by atoms with Gasteiger partial charge in [-0.1, -0.05) is 23.5 Å². The monoisotopic (exact) mass is 326 g/mol. The average molecular weight is 326 g/mol. The number of carbonyl (C=O) groups is 1. The molecule has 0 atom stereocenters. The first-order chi connectivity index (χ1) is 11.0.